The molecule has 0 radical (unpaired) electrons. The minimum atomic E-state index is 0.103. The summed E-state index contributed by atoms with van der Waals surface area (Å²) < 4.78 is 7.74. The van der Waals surface area contributed by atoms with E-state index in [0.29, 0.717) is 10.6 Å². The average Bonchev–Trinajstić information content (AvgIpc) is 2.94. The van der Waals surface area contributed by atoms with Gasteiger partial charge in [0.25, 0.3) is 0 Å². The molecule has 3 aromatic rings. The number of benzene rings is 1. The van der Waals surface area contributed by atoms with E-state index < -0.39 is 0 Å². The number of aromatic nitrogens is 4. The molecule has 0 saturated heterocycles. The van der Waals surface area contributed by atoms with Gasteiger partial charge in [-0.05, 0) is 55.9 Å². The van der Waals surface area contributed by atoms with Crippen molar-refractivity contribution in [1.29, 1.82) is 0 Å². The van der Waals surface area contributed by atoms with Crippen LogP contribution in [0.4, 0.5) is 0 Å². The van der Waals surface area contributed by atoms with Gasteiger partial charge in [0.15, 0.2) is 5.82 Å². The van der Waals surface area contributed by atoms with Crippen LogP contribution in [0.2, 0.25) is 0 Å². The summed E-state index contributed by atoms with van der Waals surface area (Å²) in [6, 6.07) is 11.4. The Hall–Kier alpha value is -2.80. The fourth-order valence-corrected chi connectivity index (χ4v) is 2.32. The van der Waals surface area contributed by atoms with Gasteiger partial charge in [-0.2, -0.15) is 14.9 Å². The molecule has 1 aromatic carbocycles. The van der Waals surface area contributed by atoms with Crippen LogP contribution in [0.3, 0.4) is 0 Å². The van der Waals surface area contributed by atoms with Crippen LogP contribution >= 0.6 is 12.2 Å². The first-order chi connectivity index (χ1) is 11.6. The molecule has 0 bridgehead atoms. The SMILES string of the molecule is CC(C)Oc1cccc(-c2n[nH]c(=S)n2N=Cc2ccncc2)c1. The molecule has 0 aliphatic heterocycles. The number of rotatable bonds is 5. The summed E-state index contributed by atoms with van der Waals surface area (Å²) in [4.78, 5) is 3.98. The molecule has 0 aliphatic carbocycles. The number of pyridine rings is 1. The van der Waals surface area contributed by atoms with E-state index in [1.807, 2.05) is 50.2 Å². The van der Waals surface area contributed by atoms with Crippen LogP contribution in [-0.4, -0.2) is 32.2 Å². The highest BCUT2D eigenvalue weighted by molar-refractivity contribution is 7.71. The van der Waals surface area contributed by atoms with Crippen LogP contribution < -0.4 is 4.74 Å². The van der Waals surface area contributed by atoms with Gasteiger partial charge in [0.1, 0.15) is 5.75 Å². The van der Waals surface area contributed by atoms with Crippen molar-refractivity contribution in [3.63, 3.8) is 0 Å². The summed E-state index contributed by atoms with van der Waals surface area (Å²) in [5, 5.41) is 11.5. The predicted octanol–water partition coefficient (Wildman–Crippen LogP) is 3.67. The van der Waals surface area contributed by atoms with Crippen LogP contribution in [0.5, 0.6) is 5.75 Å². The molecule has 0 atom stereocenters. The molecular weight excluding hydrogens is 322 g/mol. The lowest BCUT2D eigenvalue weighted by Crippen LogP contribution is -2.05. The predicted molar refractivity (Wildman–Crippen MR) is 95.8 cm³/mol. The Morgan fingerprint density at radius 3 is 2.79 bits per heavy atom. The van der Waals surface area contributed by atoms with Gasteiger partial charge < -0.3 is 4.74 Å². The molecule has 2 aromatic heterocycles. The topological polar surface area (TPSA) is 68.1 Å². The Morgan fingerprint density at radius 2 is 2.04 bits per heavy atom. The fourth-order valence-electron chi connectivity index (χ4n) is 2.14. The Morgan fingerprint density at radius 1 is 1.25 bits per heavy atom. The monoisotopic (exact) mass is 339 g/mol. The zero-order chi connectivity index (χ0) is 16.9. The van der Waals surface area contributed by atoms with Crippen molar-refractivity contribution in [3.05, 3.63) is 59.1 Å². The van der Waals surface area contributed by atoms with E-state index in [2.05, 4.69) is 20.3 Å². The Bertz CT molecular complexity index is 899. The van der Waals surface area contributed by atoms with E-state index >= 15 is 0 Å². The smallest absolute Gasteiger partial charge is 0.216 e. The maximum Gasteiger partial charge on any atom is 0.216 e. The van der Waals surface area contributed by atoms with Gasteiger partial charge >= 0.3 is 0 Å². The molecule has 0 fully saturated rings. The van der Waals surface area contributed by atoms with Crippen molar-refractivity contribution in [3.8, 4) is 17.1 Å². The molecular formula is C17H17N5OS. The molecule has 0 saturated carbocycles. The normalized spacial score (nSPS) is 11.3. The molecule has 0 aliphatic rings. The van der Waals surface area contributed by atoms with E-state index in [1.54, 1.807) is 23.3 Å². The molecule has 3 rings (SSSR count). The number of nitrogens with zero attached hydrogens (tertiary/aromatic N) is 4. The standard InChI is InChI=1S/C17H17N5OS/c1-12(2)23-15-5-3-4-14(10-15)16-20-21-17(24)22(16)19-11-13-6-8-18-9-7-13/h3-12H,1-2H3,(H,21,24). The summed E-state index contributed by atoms with van der Waals surface area (Å²) in [6.07, 6.45) is 5.24. The zero-order valence-electron chi connectivity index (χ0n) is 13.4. The third-order valence-corrected chi connectivity index (χ3v) is 3.41. The van der Waals surface area contributed by atoms with Crippen LogP contribution in [0, 0.1) is 4.77 Å². The minimum absolute atomic E-state index is 0.103. The number of nitrogens with one attached hydrogen (secondary N) is 1. The van der Waals surface area contributed by atoms with E-state index in [-0.39, 0.29) is 6.10 Å². The summed E-state index contributed by atoms with van der Waals surface area (Å²) in [7, 11) is 0. The van der Waals surface area contributed by atoms with Gasteiger partial charge in [-0.15, -0.1) is 0 Å². The van der Waals surface area contributed by atoms with Crippen molar-refractivity contribution in [2.75, 3.05) is 0 Å². The molecule has 2 heterocycles. The maximum atomic E-state index is 5.73. The highest BCUT2D eigenvalue weighted by atomic mass is 32.1. The summed E-state index contributed by atoms with van der Waals surface area (Å²) in [5.74, 6) is 1.40. The molecule has 122 valence electrons. The first kappa shape index (κ1) is 16.1. The third kappa shape index (κ3) is 3.75. The van der Waals surface area contributed by atoms with Gasteiger partial charge in [0.05, 0.1) is 12.3 Å². The maximum absolute atomic E-state index is 5.73. The van der Waals surface area contributed by atoms with Crippen LogP contribution in [0.25, 0.3) is 11.4 Å². The highest BCUT2D eigenvalue weighted by Crippen LogP contribution is 2.23. The molecule has 7 heteroatoms. The number of aromatic amines is 1. The second-order valence-electron chi connectivity index (χ2n) is 5.38. The minimum Gasteiger partial charge on any atom is -0.491 e. The van der Waals surface area contributed by atoms with Gasteiger partial charge in [-0.25, -0.2) is 5.10 Å². The third-order valence-electron chi connectivity index (χ3n) is 3.14. The molecule has 0 amide bonds. The van der Waals surface area contributed by atoms with Crippen molar-refractivity contribution >= 4 is 18.4 Å². The van der Waals surface area contributed by atoms with Gasteiger partial charge in [-0.1, -0.05) is 12.1 Å². The number of hydrogen-bond acceptors (Lipinski definition) is 5. The lowest BCUT2D eigenvalue weighted by atomic mass is 10.2. The highest BCUT2D eigenvalue weighted by Gasteiger charge is 2.09. The van der Waals surface area contributed by atoms with Crippen LogP contribution in [0.1, 0.15) is 19.4 Å². The zero-order valence-corrected chi connectivity index (χ0v) is 14.2. The van der Waals surface area contributed by atoms with Crippen molar-refractivity contribution in [2.45, 2.75) is 20.0 Å². The van der Waals surface area contributed by atoms with E-state index in [4.69, 9.17) is 17.0 Å². The Balaban J connectivity index is 1.96. The van der Waals surface area contributed by atoms with Crippen molar-refractivity contribution in [2.24, 2.45) is 5.10 Å². The van der Waals surface area contributed by atoms with Crippen molar-refractivity contribution < 1.29 is 4.74 Å². The number of H-pyrrole nitrogens is 1. The summed E-state index contributed by atoms with van der Waals surface area (Å²) >= 11 is 5.28. The number of hydrogen-bond donors (Lipinski definition) is 1. The Kier molecular flexibility index (Phi) is 4.81. The fraction of sp³-hybridized carbons (Fsp3) is 0.176. The molecule has 0 spiro atoms. The molecule has 6 nitrogen and oxygen atoms in total. The Labute approximate surface area is 144 Å². The van der Waals surface area contributed by atoms with Gasteiger partial charge in [0, 0.05) is 18.0 Å². The lowest BCUT2D eigenvalue weighted by Gasteiger charge is -2.10. The quantitative estimate of drug-likeness (QED) is 0.569. The first-order valence-corrected chi connectivity index (χ1v) is 7.93. The van der Waals surface area contributed by atoms with Crippen molar-refractivity contribution in [1.82, 2.24) is 19.9 Å². The largest absolute Gasteiger partial charge is 0.491 e. The lowest BCUT2D eigenvalue weighted by molar-refractivity contribution is 0.242. The van der Waals surface area contributed by atoms with Gasteiger partial charge in [-0.3, -0.25) is 4.98 Å². The van der Waals surface area contributed by atoms with E-state index in [9.17, 15) is 0 Å². The van der Waals surface area contributed by atoms with E-state index in [0.717, 1.165) is 16.9 Å². The average molecular weight is 339 g/mol. The van der Waals surface area contributed by atoms with Crippen LogP contribution in [-0.2, 0) is 0 Å². The summed E-state index contributed by atoms with van der Waals surface area (Å²) in [6.45, 7) is 3.98. The molecule has 1 N–H and O–H groups in total. The second kappa shape index (κ2) is 7.18. The first-order valence-electron chi connectivity index (χ1n) is 7.52. The molecule has 0 unspecified atom stereocenters. The van der Waals surface area contributed by atoms with E-state index in [1.165, 1.54) is 0 Å². The molecule has 24 heavy (non-hydrogen) atoms. The number of ether oxygens (including phenoxy) is 1. The van der Waals surface area contributed by atoms with Gasteiger partial charge in [0.2, 0.25) is 4.77 Å². The second-order valence-corrected chi connectivity index (χ2v) is 5.77. The van der Waals surface area contributed by atoms with Crippen LogP contribution in [0.15, 0.2) is 53.9 Å². The summed E-state index contributed by atoms with van der Waals surface area (Å²) in [5.41, 5.74) is 1.79.